The van der Waals surface area contributed by atoms with Crippen molar-refractivity contribution in [3.8, 4) is 0 Å². The number of carbonyl (C=O) groups is 2. The molecule has 34 heavy (non-hydrogen) atoms. The van der Waals surface area contributed by atoms with E-state index in [0.717, 1.165) is 12.0 Å². The van der Waals surface area contributed by atoms with Crippen LogP contribution in [-0.4, -0.2) is 44.2 Å². The highest BCUT2D eigenvalue weighted by Gasteiger charge is 2.29. The second kappa shape index (κ2) is 9.05. The van der Waals surface area contributed by atoms with Gasteiger partial charge in [0, 0.05) is 44.1 Å². The van der Waals surface area contributed by atoms with Crippen molar-refractivity contribution in [2.45, 2.75) is 25.8 Å². The molecule has 1 aliphatic heterocycles. The van der Waals surface area contributed by atoms with E-state index in [-0.39, 0.29) is 35.8 Å². The summed E-state index contributed by atoms with van der Waals surface area (Å²) in [6, 6.07) is 14.0. The highest BCUT2D eigenvalue weighted by molar-refractivity contribution is 5.95. The largest absolute Gasteiger partial charge is 0.347 e. The molecule has 1 saturated heterocycles. The average Bonchev–Trinajstić information content (AvgIpc) is 3.52. The maximum absolute atomic E-state index is 13.5. The van der Waals surface area contributed by atoms with Crippen molar-refractivity contribution in [2.24, 2.45) is 0 Å². The number of nitrogens with zero attached hydrogens (tertiary/aromatic N) is 4. The fourth-order valence-corrected chi connectivity index (χ4v) is 4.40. The highest BCUT2D eigenvalue weighted by atomic mass is 19.1. The van der Waals surface area contributed by atoms with E-state index in [1.54, 1.807) is 60.2 Å². The lowest BCUT2D eigenvalue weighted by atomic mass is 10.00. The number of benzene rings is 1. The molecule has 1 aliphatic rings. The first kappa shape index (κ1) is 21.8. The molecule has 8 heteroatoms. The number of imidazole rings is 1. The third-order valence-corrected chi connectivity index (χ3v) is 6.27. The van der Waals surface area contributed by atoms with Gasteiger partial charge in [0.25, 0.3) is 11.8 Å². The van der Waals surface area contributed by atoms with Gasteiger partial charge in [0.1, 0.15) is 22.9 Å². The summed E-state index contributed by atoms with van der Waals surface area (Å²) in [5.74, 6) is -0.445. The van der Waals surface area contributed by atoms with Gasteiger partial charge in [0.2, 0.25) is 0 Å². The number of hydrogen-bond acceptors (Lipinski definition) is 4. The first-order chi connectivity index (χ1) is 16.5. The van der Waals surface area contributed by atoms with E-state index in [1.165, 1.54) is 11.6 Å². The zero-order valence-corrected chi connectivity index (χ0v) is 18.7. The third kappa shape index (κ3) is 4.26. The number of nitrogens with one attached hydrogen (secondary N) is 1. The molecule has 2 amide bonds. The Labute approximate surface area is 196 Å². The summed E-state index contributed by atoms with van der Waals surface area (Å²) in [5, 5.41) is 2.81. The molecule has 0 saturated carbocycles. The summed E-state index contributed by atoms with van der Waals surface area (Å²) in [5.41, 5.74) is 3.71. The van der Waals surface area contributed by atoms with Gasteiger partial charge in [0.15, 0.2) is 0 Å². The van der Waals surface area contributed by atoms with Crippen LogP contribution in [0.25, 0.3) is 5.65 Å². The van der Waals surface area contributed by atoms with Crippen molar-refractivity contribution in [2.75, 3.05) is 13.1 Å². The van der Waals surface area contributed by atoms with Crippen molar-refractivity contribution >= 4 is 17.5 Å². The number of rotatable bonds is 5. The predicted molar refractivity (Wildman–Crippen MR) is 125 cm³/mol. The standard InChI is InChI=1S/C26H24FN5O2/c1-17-13-18(5-6-21(17)27)14-29-25(33)22-16-32-23(3-2-4-24(32)30-22)26(34)31-12-9-20(15-31)19-7-10-28-11-8-19/h2-8,10-11,13,16,20H,9,12,14-15H2,1H3,(H,29,33). The first-order valence-electron chi connectivity index (χ1n) is 11.2. The van der Waals surface area contributed by atoms with Gasteiger partial charge in [-0.05, 0) is 60.4 Å². The van der Waals surface area contributed by atoms with Gasteiger partial charge in [-0.2, -0.15) is 0 Å². The Balaban J connectivity index is 1.31. The Hall–Kier alpha value is -4.07. The minimum atomic E-state index is -0.358. The number of amides is 2. The smallest absolute Gasteiger partial charge is 0.271 e. The van der Waals surface area contributed by atoms with E-state index >= 15 is 0 Å². The maximum Gasteiger partial charge on any atom is 0.271 e. The van der Waals surface area contributed by atoms with Crippen molar-refractivity contribution in [1.82, 2.24) is 24.6 Å². The normalized spacial score (nSPS) is 15.6. The van der Waals surface area contributed by atoms with Crippen LogP contribution in [0.1, 0.15) is 50.0 Å². The molecule has 5 rings (SSSR count). The summed E-state index contributed by atoms with van der Waals surface area (Å²) in [7, 11) is 0. The zero-order valence-electron chi connectivity index (χ0n) is 18.7. The van der Waals surface area contributed by atoms with Crippen molar-refractivity contribution in [1.29, 1.82) is 0 Å². The monoisotopic (exact) mass is 457 g/mol. The molecule has 172 valence electrons. The summed E-state index contributed by atoms with van der Waals surface area (Å²) < 4.78 is 15.1. The second-order valence-corrected chi connectivity index (χ2v) is 8.55. The van der Waals surface area contributed by atoms with Gasteiger partial charge < -0.3 is 10.2 Å². The van der Waals surface area contributed by atoms with Gasteiger partial charge in [0.05, 0.1) is 0 Å². The fourth-order valence-electron chi connectivity index (χ4n) is 4.40. The average molecular weight is 458 g/mol. The number of hydrogen-bond donors (Lipinski definition) is 1. The lowest BCUT2D eigenvalue weighted by molar-refractivity contribution is 0.0783. The SMILES string of the molecule is Cc1cc(CNC(=O)c2cn3c(C(=O)N4CCC(c5ccncc5)C4)cccc3n2)ccc1F. The first-order valence-corrected chi connectivity index (χ1v) is 11.2. The molecule has 0 radical (unpaired) electrons. The Bertz CT molecular complexity index is 1370. The van der Waals surface area contributed by atoms with E-state index in [9.17, 15) is 14.0 Å². The minimum Gasteiger partial charge on any atom is -0.347 e. The number of aryl methyl sites for hydroxylation is 1. The van der Waals surface area contributed by atoms with Crippen molar-refractivity contribution in [3.63, 3.8) is 0 Å². The van der Waals surface area contributed by atoms with Crippen LogP contribution in [0.5, 0.6) is 0 Å². The summed E-state index contributed by atoms with van der Waals surface area (Å²) in [4.78, 5) is 36.4. The maximum atomic E-state index is 13.5. The van der Waals surface area contributed by atoms with E-state index in [2.05, 4.69) is 15.3 Å². The fraction of sp³-hybridized carbons (Fsp3) is 0.231. The molecule has 1 fully saturated rings. The Morgan fingerprint density at radius 1 is 1.15 bits per heavy atom. The summed E-state index contributed by atoms with van der Waals surface area (Å²) in [6.07, 6.45) is 6.03. The minimum absolute atomic E-state index is 0.0895. The molecular weight excluding hydrogens is 433 g/mol. The molecule has 0 aliphatic carbocycles. The van der Waals surface area contributed by atoms with Crippen LogP contribution in [-0.2, 0) is 6.54 Å². The molecule has 4 heterocycles. The number of fused-ring (bicyclic) bond motifs is 1. The number of carbonyl (C=O) groups excluding carboxylic acids is 2. The van der Waals surface area contributed by atoms with Crippen LogP contribution >= 0.6 is 0 Å². The van der Waals surface area contributed by atoms with Crippen molar-refractivity contribution in [3.05, 3.63) is 101 Å². The molecule has 7 nitrogen and oxygen atoms in total. The highest BCUT2D eigenvalue weighted by Crippen LogP contribution is 2.28. The van der Waals surface area contributed by atoms with Crippen LogP contribution in [0.3, 0.4) is 0 Å². The van der Waals surface area contributed by atoms with Gasteiger partial charge >= 0.3 is 0 Å². The van der Waals surface area contributed by atoms with Gasteiger partial charge in [-0.3, -0.25) is 19.0 Å². The topological polar surface area (TPSA) is 79.6 Å². The number of aromatic nitrogens is 3. The zero-order chi connectivity index (χ0) is 23.7. The lowest BCUT2D eigenvalue weighted by Gasteiger charge is -2.17. The van der Waals surface area contributed by atoms with Crippen LogP contribution in [0.15, 0.2) is 67.1 Å². The third-order valence-electron chi connectivity index (χ3n) is 6.27. The number of pyridine rings is 2. The number of likely N-dealkylation sites (tertiary alicyclic amines) is 1. The Morgan fingerprint density at radius 2 is 1.97 bits per heavy atom. The molecule has 3 aromatic heterocycles. The van der Waals surface area contributed by atoms with Crippen LogP contribution in [0, 0.1) is 12.7 Å². The van der Waals surface area contributed by atoms with E-state index < -0.39 is 0 Å². The molecule has 1 N–H and O–H groups in total. The van der Waals surface area contributed by atoms with E-state index in [0.29, 0.717) is 30.0 Å². The predicted octanol–water partition coefficient (Wildman–Crippen LogP) is 3.74. The molecule has 0 spiro atoms. The Kier molecular flexibility index (Phi) is 5.79. The van der Waals surface area contributed by atoms with Crippen LogP contribution in [0.4, 0.5) is 4.39 Å². The van der Waals surface area contributed by atoms with Crippen LogP contribution < -0.4 is 5.32 Å². The molecule has 1 aromatic carbocycles. The second-order valence-electron chi connectivity index (χ2n) is 8.55. The Morgan fingerprint density at radius 3 is 2.76 bits per heavy atom. The van der Waals surface area contributed by atoms with Gasteiger partial charge in [-0.1, -0.05) is 18.2 Å². The quantitative estimate of drug-likeness (QED) is 0.495. The van der Waals surface area contributed by atoms with Crippen molar-refractivity contribution < 1.29 is 14.0 Å². The molecular formula is C26H24FN5O2. The number of halogens is 1. The molecule has 0 bridgehead atoms. The van der Waals surface area contributed by atoms with E-state index in [4.69, 9.17) is 0 Å². The van der Waals surface area contributed by atoms with Gasteiger partial charge in [-0.25, -0.2) is 9.37 Å². The summed E-state index contributed by atoms with van der Waals surface area (Å²) >= 11 is 0. The summed E-state index contributed by atoms with van der Waals surface area (Å²) in [6.45, 7) is 3.24. The van der Waals surface area contributed by atoms with Gasteiger partial charge in [-0.15, -0.1) is 0 Å². The lowest BCUT2D eigenvalue weighted by Crippen LogP contribution is -2.30. The molecule has 4 aromatic rings. The molecule has 1 unspecified atom stereocenters. The van der Waals surface area contributed by atoms with E-state index in [1.807, 2.05) is 17.0 Å². The van der Waals surface area contributed by atoms with Crippen LogP contribution in [0.2, 0.25) is 0 Å². The molecule has 1 atom stereocenters.